The van der Waals surface area contributed by atoms with Crippen LogP contribution in [0.3, 0.4) is 0 Å². The molecule has 0 saturated carbocycles. The van der Waals surface area contributed by atoms with Crippen molar-refractivity contribution in [2.45, 2.75) is 19.2 Å². The van der Waals surface area contributed by atoms with Crippen molar-refractivity contribution in [2.24, 2.45) is 0 Å². The molecule has 1 heterocycles. The van der Waals surface area contributed by atoms with Gasteiger partial charge in [-0.1, -0.05) is 29.4 Å². The van der Waals surface area contributed by atoms with Crippen molar-refractivity contribution in [3.8, 4) is 17.1 Å². The number of ether oxygens (including phenoxy) is 1. The predicted octanol–water partition coefficient (Wildman–Crippen LogP) is 2.76. The number of rotatable bonds is 8. The van der Waals surface area contributed by atoms with E-state index >= 15 is 0 Å². The minimum Gasteiger partial charge on any atom is -0.496 e. The van der Waals surface area contributed by atoms with E-state index in [9.17, 15) is 13.4 Å². The van der Waals surface area contributed by atoms with Crippen molar-refractivity contribution in [3.63, 3.8) is 0 Å². The minimum absolute atomic E-state index is 0.0469. The van der Waals surface area contributed by atoms with Crippen molar-refractivity contribution in [1.82, 2.24) is 15.5 Å². The Kier molecular flexibility index (Phi) is 6.71. The second-order valence-corrected chi connectivity index (χ2v) is 7.76. The topological polar surface area (TPSA) is 94.3 Å². The Morgan fingerprint density at radius 3 is 2.83 bits per heavy atom. The summed E-state index contributed by atoms with van der Waals surface area (Å²) < 4.78 is 36.2. The molecule has 0 bridgehead atoms. The number of nitrogens with one attached hydrogen (secondary N) is 1. The number of hydrogen-bond acceptors (Lipinski definition) is 6. The van der Waals surface area contributed by atoms with Gasteiger partial charge in [-0.05, 0) is 36.2 Å². The molecule has 1 amide bonds. The molecule has 0 radical (unpaired) electrons. The van der Waals surface area contributed by atoms with Crippen LogP contribution >= 0.6 is 0 Å². The highest BCUT2D eigenvalue weighted by Gasteiger charge is 2.16. The SMILES string of the molecule is COc1ccccc1-c1noc(CS(=O)CC(=O)NCc2ccc(C)c(F)c2)n1. The lowest BCUT2D eigenvalue weighted by Gasteiger charge is -2.06. The van der Waals surface area contributed by atoms with E-state index in [1.807, 2.05) is 12.1 Å². The lowest BCUT2D eigenvalue weighted by atomic mass is 10.1. The van der Waals surface area contributed by atoms with Crippen molar-refractivity contribution in [2.75, 3.05) is 12.9 Å². The molecule has 7 nitrogen and oxygen atoms in total. The van der Waals surface area contributed by atoms with Crippen LogP contribution in [0.25, 0.3) is 11.4 Å². The first-order chi connectivity index (χ1) is 14.0. The fourth-order valence-electron chi connectivity index (χ4n) is 2.59. The molecular weight excluding hydrogens is 397 g/mol. The molecule has 1 aromatic heterocycles. The quantitative estimate of drug-likeness (QED) is 0.606. The molecule has 3 aromatic rings. The monoisotopic (exact) mass is 417 g/mol. The Hall–Kier alpha value is -3.07. The minimum atomic E-state index is -1.53. The first kappa shape index (κ1) is 20.7. The van der Waals surface area contributed by atoms with Crippen LogP contribution in [-0.4, -0.2) is 33.1 Å². The van der Waals surface area contributed by atoms with E-state index in [0.29, 0.717) is 28.3 Å². The van der Waals surface area contributed by atoms with E-state index in [4.69, 9.17) is 9.26 Å². The van der Waals surface area contributed by atoms with Crippen LogP contribution in [0.4, 0.5) is 4.39 Å². The van der Waals surface area contributed by atoms with E-state index in [1.54, 1.807) is 38.3 Å². The normalized spacial score (nSPS) is 11.8. The van der Waals surface area contributed by atoms with Crippen LogP contribution in [-0.2, 0) is 27.9 Å². The number of carbonyl (C=O) groups excluding carboxylic acids is 1. The number of aromatic nitrogens is 2. The zero-order chi connectivity index (χ0) is 20.8. The fourth-order valence-corrected chi connectivity index (χ4v) is 3.47. The molecule has 0 spiro atoms. The van der Waals surface area contributed by atoms with Gasteiger partial charge in [-0.2, -0.15) is 4.98 Å². The van der Waals surface area contributed by atoms with E-state index in [1.165, 1.54) is 6.07 Å². The molecule has 152 valence electrons. The summed E-state index contributed by atoms with van der Waals surface area (Å²) in [6, 6.07) is 11.9. The van der Waals surface area contributed by atoms with Crippen molar-refractivity contribution >= 4 is 16.7 Å². The van der Waals surface area contributed by atoms with Crippen LogP contribution in [0.1, 0.15) is 17.0 Å². The summed E-state index contributed by atoms with van der Waals surface area (Å²) in [4.78, 5) is 16.2. The lowest BCUT2D eigenvalue weighted by molar-refractivity contribution is -0.118. The van der Waals surface area contributed by atoms with E-state index in [2.05, 4.69) is 15.5 Å². The van der Waals surface area contributed by atoms with Crippen molar-refractivity contribution in [3.05, 3.63) is 65.3 Å². The molecule has 1 unspecified atom stereocenters. The number of para-hydroxylation sites is 1. The van der Waals surface area contributed by atoms with E-state index in [-0.39, 0.29) is 29.8 Å². The number of benzene rings is 2. The van der Waals surface area contributed by atoms with E-state index in [0.717, 1.165) is 0 Å². The van der Waals surface area contributed by atoms with Gasteiger partial charge in [0.15, 0.2) is 0 Å². The summed E-state index contributed by atoms with van der Waals surface area (Å²) in [5.41, 5.74) is 1.82. The Labute approximate surface area is 169 Å². The summed E-state index contributed by atoms with van der Waals surface area (Å²) in [6.45, 7) is 1.82. The number of methoxy groups -OCH3 is 1. The largest absolute Gasteiger partial charge is 0.496 e. The van der Waals surface area contributed by atoms with Gasteiger partial charge in [-0.15, -0.1) is 0 Å². The summed E-state index contributed by atoms with van der Waals surface area (Å²) >= 11 is 0. The van der Waals surface area contributed by atoms with Gasteiger partial charge in [0.2, 0.25) is 17.6 Å². The average Bonchev–Trinajstić information content (AvgIpc) is 3.16. The molecule has 9 heteroatoms. The summed E-state index contributed by atoms with van der Waals surface area (Å²) in [5, 5.41) is 6.51. The maximum absolute atomic E-state index is 13.5. The van der Waals surface area contributed by atoms with Gasteiger partial charge in [0.05, 0.1) is 12.7 Å². The number of aryl methyl sites for hydroxylation is 1. The van der Waals surface area contributed by atoms with Crippen LogP contribution in [0.15, 0.2) is 47.0 Å². The molecule has 1 N–H and O–H groups in total. The van der Waals surface area contributed by atoms with Gasteiger partial charge in [0, 0.05) is 17.3 Å². The first-order valence-corrected chi connectivity index (χ1v) is 10.3. The second-order valence-electron chi connectivity index (χ2n) is 6.30. The van der Waals surface area contributed by atoms with Gasteiger partial charge in [-0.3, -0.25) is 9.00 Å². The molecule has 0 aliphatic carbocycles. The second kappa shape index (κ2) is 9.42. The molecule has 0 saturated heterocycles. The van der Waals surface area contributed by atoms with Gasteiger partial charge in [-0.25, -0.2) is 4.39 Å². The van der Waals surface area contributed by atoms with Gasteiger partial charge >= 0.3 is 0 Å². The molecule has 0 aliphatic rings. The van der Waals surface area contributed by atoms with E-state index < -0.39 is 16.7 Å². The highest BCUT2D eigenvalue weighted by atomic mass is 32.2. The Morgan fingerprint density at radius 1 is 1.28 bits per heavy atom. The number of amides is 1. The number of nitrogens with zero attached hydrogens (tertiary/aromatic N) is 2. The summed E-state index contributed by atoms with van der Waals surface area (Å²) in [5.74, 6) is 0.0670. The Morgan fingerprint density at radius 2 is 2.07 bits per heavy atom. The van der Waals surface area contributed by atoms with Crippen LogP contribution < -0.4 is 10.1 Å². The fraction of sp³-hybridized carbons (Fsp3) is 0.250. The molecule has 29 heavy (non-hydrogen) atoms. The third kappa shape index (κ3) is 5.47. The molecule has 3 rings (SSSR count). The van der Waals surface area contributed by atoms with Crippen LogP contribution in [0.2, 0.25) is 0 Å². The third-order valence-electron chi connectivity index (χ3n) is 4.12. The predicted molar refractivity (Wildman–Crippen MR) is 106 cm³/mol. The Bertz CT molecular complexity index is 1040. The number of carbonyl (C=O) groups is 1. The summed E-state index contributed by atoms with van der Waals surface area (Å²) in [6.07, 6.45) is 0. The molecule has 0 fully saturated rings. The van der Waals surface area contributed by atoms with Gasteiger partial charge in [0.25, 0.3) is 0 Å². The van der Waals surface area contributed by atoms with Gasteiger partial charge < -0.3 is 14.6 Å². The van der Waals surface area contributed by atoms with Crippen molar-refractivity contribution < 1.29 is 22.7 Å². The zero-order valence-corrected chi connectivity index (χ0v) is 16.8. The standard InChI is InChI=1S/C20H20FN3O4S/c1-13-7-8-14(9-16(13)21)10-22-18(25)11-29(26)12-19-23-20(24-28-19)15-5-3-4-6-17(15)27-2/h3-9H,10-12H2,1-2H3,(H,22,25). The number of hydrogen-bond donors (Lipinski definition) is 1. The van der Waals surface area contributed by atoms with Crippen molar-refractivity contribution in [1.29, 1.82) is 0 Å². The Balaban J connectivity index is 1.53. The number of halogens is 1. The smallest absolute Gasteiger partial charge is 0.239 e. The molecule has 1 atom stereocenters. The highest BCUT2D eigenvalue weighted by molar-refractivity contribution is 7.84. The lowest BCUT2D eigenvalue weighted by Crippen LogP contribution is -2.28. The molecule has 2 aromatic carbocycles. The van der Waals surface area contributed by atoms with Gasteiger partial charge in [0.1, 0.15) is 23.1 Å². The van der Waals surface area contributed by atoms with Crippen LogP contribution in [0.5, 0.6) is 5.75 Å². The third-order valence-corrected chi connectivity index (χ3v) is 5.27. The summed E-state index contributed by atoms with van der Waals surface area (Å²) in [7, 11) is 0.00933. The zero-order valence-electron chi connectivity index (χ0n) is 16.0. The maximum Gasteiger partial charge on any atom is 0.239 e. The maximum atomic E-state index is 13.5. The average molecular weight is 417 g/mol. The first-order valence-electron chi connectivity index (χ1n) is 8.79. The molecular formula is C20H20FN3O4S. The van der Waals surface area contributed by atoms with Crippen LogP contribution in [0, 0.1) is 12.7 Å². The highest BCUT2D eigenvalue weighted by Crippen LogP contribution is 2.27. The molecule has 0 aliphatic heterocycles.